The van der Waals surface area contributed by atoms with Crippen LogP contribution in [0, 0.1) is 0 Å². The third-order valence-corrected chi connectivity index (χ3v) is 4.25. The quantitative estimate of drug-likeness (QED) is 0.771. The van der Waals surface area contributed by atoms with E-state index in [4.69, 9.17) is 0 Å². The van der Waals surface area contributed by atoms with Gasteiger partial charge in [-0.1, -0.05) is 44.9 Å². The summed E-state index contributed by atoms with van der Waals surface area (Å²) in [5.41, 5.74) is 0.949. The van der Waals surface area contributed by atoms with Crippen molar-refractivity contribution in [3.63, 3.8) is 0 Å². The first-order valence-corrected chi connectivity index (χ1v) is 7.27. The van der Waals surface area contributed by atoms with Gasteiger partial charge < -0.3 is 0 Å². The first kappa shape index (κ1) is 13.4. The lowest BCUT2D eigenvalue weighted by atomic mass is 9.60. The van der Waals surface area contributed by atoms with Gasteiger partial charge in [-0.3, -0.25) is 4.79 Å². The van der Waals surface area contributed by atoms with Crippen molar-refractivity contribution in [1.29, 1.82) is 0 Å². The Balaban J connectivity index is 2.13. The summed E-state index contributed by atoms with van der Waals surface area (Å²) in [6.07, 6.45) is 11.7. The second-order valence-electron chi connectivity index (χ2n) is 5.84. The van der Waals surface area contributed by atoms with E-state index in [9.17, 15) is 4.79 Å². The average molecular weight is 246 g/mol. The Morgan fingerprint density at radius 2 is 1.56 bits per heavy atom. The van der Waals surface area contributed by atoms with Crippen molar-refractivity contribution < 1.29 is 0 Å². The van der Waals surface area contributed by atoms with Gasteiger partial charge in [0.25, 0.3) is 5.56 Å². The van der Waals surface area contributed by atoms with E-state index >= 15 is 0 Å². The second-order valence-corrected chi connectivity index (χ2v) is 5.84. The third-order valence-electron chi connectivity index (χ3n) is 4.25. The van der Waals surface area contributed by atoms with Gasteiger partial charge in [0.1, 0.15) is 7.85 Å². The molecule has 4 heteroatoms. The molecule has 0 unspecified atom stereocenters. The molecule has 0 aromatic carbocycles. The lowest BCUT2D eigenvalue weighted by molar-refractivity contribution is 0.416. The highest BCUT2D eigenvalue weighted by Gasteiger charge is 2.27. The Bertz CT molecular complexity index is 400. The van der Waals surface area contributed by atoms with Crippen LogP contribution in [0.15, 0.2) is 16.9 Å². The van der Waals surface area contributed by atoms with Crippen LogP contribution in [-0.4, -0.2) is 18.0 Å². The molecule has 1 aromatic heterocycles. The molecular weight excluding hydrogens is 223 g/mol. The van der Waals surface area contributed by atoms with E-state index in [1.807, 2.05) is 6.07 Å². The lowest BCUT2D eigenvalue weighted by Gasteiger charge is -2.29. The summed E-state index contributed by atoms with van der Waals surface area (Å²) in [5.74, 6) is 0. The molecule has 2 rings (SSSR count). The maximum Gasteiger partial charge on any atom is 0.264 e. The summed E-state index contributed by atoms with van der Waals surface area (Å²) in [6.45, 7) is 0. The van der Waals surface area contributed by atoms with Crippen molar-refractivity contribution in [2.75, 3.05) is 0 Å². The molecule has 0 spiro atoms. The highest BCUT2D eigenvalue weighted by Crippen LogP contribution is 2.32. The summed E-state index contributed by atoms with van der Waals surface area (Å²) >= 11 is 0. The molecule has 1 saturated carbocycles. The Hall–Kier alpha value is -1.06. The molecule has 0 aliphatic heterocycles. The van der Waals surface area contributed by atoms with E-state index in [2.05, 4.69) is 18.0 Å². The molecule has 0 radical (unpaired) electrons. The number of H-pyrrole nitrogens is 1. The fourth-order valence-corrected chi connectivity index (χ4v) is 2.98. The predicted octanol–water partition coefficient (Wildman–Crippen LogP) is 2.12. The summed E-state index contributed by atoms with van der Waals surface area (Å²) in [7, 11) is 2.30. The minimum Gasteiger partial charge on any atom is -0.268 e. The third kappa shape index (κ3) is 3.47. The van der Waals surface area contributed by atoms with Crippen LogP contribution in [0.2, 0.25) is 0 Å². The Kier molecular flexibility index (Phi) is 4.62. The van der Waals surface area contributed by atoms with Crippen LogP contribution in [0.1, 0.15) is 63.5 Å². The Labute approximate surface area is 110 Å². The van der Waals surface area contributed by atoms with Crippen molar-refractivity contribution in [3.8, 4) is 0 Å². The van der Waals surface area contributed by atoms with E-state index in [0.717, 1.165) is 5.69 Å². The van der Waals surface area contributed by atoms with Crippen molar-refractivity contribution in [2.24, 2.45) is 0 Å². The van der Waals surface area contributed by atoms with Gasteiger partial charge in [-0.2, -0.15) is 5.10 Å². The number of hydrogen-bond donors (Lipinski definition) is 1. The predicted molar refractivity (Wildman–Crippen MR) is 76.6 cm³/mol. The van der Waals surface area contributed by atoms with Gasteiger partial charge in [0.05, 0.1) is 5.69 Å². The van der Waals surface area contributed by atoms with Crippen LogP contribution < -0.4 is 5.56 Å². The molecule has 98 valence electrons. The largest absolute Gasteiger partial charge is 0.268 e. The number of nitrogens with one attached hydrogen (secondary N) is 1. The molecule has 18 heavy (non-hydrogen) atoms. The van der Waals surface area contributed by atoms with Gasteiger partial charge in [-0.25, -0.2) is 5.10 Å². The van der Waals surface area contributed by atoms with Crippen LogP contribution in [0.3, 0.4) is 0 Å². The smallest absolute Gasteiger partial charge is 0.264 e. The molecule has 1 aliphatic rings. The molecular formula is C14H23BN2O. The van der Waals surface area contributed by atoms with Crippen molar-refractivity contribution >= 4 is 7.85 Å². The van der Waals surface area contributed by atoms with Crippen LogP contribution in [0.5, 0.6) is 0 Å². The molecule has 0 amide bonds. The lowest BCUT2D eigenvalue weighted by Crippen LogP contribution is -2.29. The fraction of sp³-hybridized carbons (Fsp3) is 0.714. The van der Waals surface area contributed by atoms with Crippen LogP contribution >= 0.6 is 0 Å². The Morgan fingerprint density at radius 1 is 1.00 bits per heavy atom. The van der Waals surface area contributed by atoms with E-state index in [-0.39, 0.29) is 10.9 Å². The summed E-state index contributed by atoms with van der Waals surface area (Å²) in [4.78, 5) is 11.1. The molecule has 1 heterocycles. The SMILES string of the molecule is BC1(c2ccc(=O)[nH]n2)CCCCCCCCC1. The number of hydrogen-bond acceptors (Lipinski definition) is 2. The topological polar surface area (TPSA) is 45.8 Å². The average Bonchev–Trinajstić information content (AvgIpc) is 2.38. The maximum atomic E-state index is 11.1. The van der Waals surface area contributed by atoms with Crippen LogP contribution in [0.25, 0.3) is 0 Å². The van der Waals surface area contributed by atoms with Gasteiger partial charge in [0.15, 0.2) is 0 Å². The monoisotopic (exact) mass is 246 g/mol. The molecule has 1 aromatic rings. The molecule has 1 N–H and O–H groups in total. The van der Waals surface area contributed by atoms with Crippen molar-refractivity contribution in [1.82, 2.24) is 10.2 Å². The highest BCUT2D eigenvalue weighted by molar-refractivity contribution is 6.15. The molecule has 3 nitrogen and oxygen atoms in total. The molecule has 0 saturated heterocycles. The minimum atomic E-state index is -0.109. The minimum absolute atomic E-state index is 0.109. The van der Waals surface area contributed by atoms with Crippen molar-refractivity contribution in [3.05, 3.63) is 28.2 Å². The van der Waals surface area contributed by atoms with E-state index in [1.54, 1.807) is 6.07 Å². The van der Waals surface area contributed by atoms with Gasteiger partial charge >= 0.3 is 0 Å². The Morgan fingerprint density at radius 3 is 2.06 bits per heavy atom. The van der Waals surface area contributed by atoms with Gasteiger partial charge in [0.2, 0.25) is 0 Å². The van der Waals surface area contributed by atoms with Gasteiger partial charge in [-0.05, 0) is 24.2 Å². The molecule has 1 aliphatic carbocycles. The number of nitrogens with zero attached hydrogens (tertiary/aromatic N) is 1. The first-order chi connectivity index (χ1) is 8.71. The summed E-state index contributed by atoms with van der Waals surface area (Å²) in [6, 6.07) is 3.51. The summed E-state index contributed by atoms with van der Waals surface area (Å²) < 4.78 is 0. The molecule has 0 bridgehead atoms. The van der Waals surface area contributed by atoms with E-state index < -0.39 is 0 Å². The number of aromatic nitrogens is 2. The zero-order valence-corrected chi connectivity index (χ0v) is 11.4. The summed E-state index contributed by atoms with van der Waals surface area (Å²) in [5, 5.41) is 6.98. The van der Waals surface area contributed by atoms with E-state index in [1.165, 1.54) is 57.8 Å². The molecule has 0 atom stereocenters. The zero-order valence-electron chi connectivity index (χ0n) is 11.4. The van der Waals surface area contributed by atoms with Gasteiger partial charge in [-0.15, -0.1) is 0 Å². The highest BCUT2D eigenvalue weighted by atomic mass is 16.1. The standard InChI is InChI=1S/C14H23BN2O/c15-14(12-8-9-13(18)17-16-12)10-6-4-2-1-3-5-7-11-14/h8-9H,1-7,10-11,15H2,(H,17,18). The number of rotatable bonds is 1. The number of aromatic amines is 1. The van der Waals surface area contributed by atoms with Crippen molar-refractivity contribution in [2.45, 2.75) is 63.1 Å². The maximum absolute atomic E-state index is 11.1. The first-order valence-electron chi connectivity index (χ1n) is 7.27. The second kappa shape index (κ2) is 6.21. The zero-order chi connectivity index (χ0) is 12.8. The van der Waals surface area contributed by atoms with E-state index in [0.29, 0.717) is 0 Å². The molecule has 1 fully saturated rings. The fourth-order valence-electron chi connectivity index (χ4n) is 2.98. The normalized spacial score (nSPS) is 21.3. The van der Waals surface area contributed by atoms with Gasteiger partial charge in [0, 0.05) is 6.07 Å². The van der Waals surface area contributed by atoms with Crippen LogP contribution in [0.4, 0.5) is 0 Å². The van der Waals surface area contributed by atoms with Crippen LogP contribution in [-0.2, 0) is 5.31 Å².